The van der Waals surface area contributed by atoms with Crippen molar-refractivity contribution in [1.29, 1.82) is 0 Å². The predicted molar refractivity (Wildman–Crippen MR) is 61.1 cm³/mol. The topological polar surface area (TPSA) is 20.2 Å². The molecule has 17 heavy (non-hydrogen) atoms. The highest BCUT2D eigenvalue weighted by atomic mass is 79.9. The van der Waals surface area contributed by atoms with Gasteiger partial charge in [0.1, 0.15) is 11.6 Å². The summed E-state index contributed by atoms with van der Waals surface area (Å²) in [7, 11) is 0. The number of halogens is 4. The van der Waals surface area contributed by atoms with Crippen molar-refractivity contribution >= 4 is 15.9 Å². The highest BCUT2D eigenvalue weighted by molar-refractivity contribution is 9.10. The van der Waals surface area contributed by atoms with Gasteiger partial charge >= 0.3 is 0 Å². The van der Waals surface area contributed by atoms with Gasteiger partial charge in [-0.05, 0) is 45.8 Å². The fourth-order valence-corrected chi connectivity index (χ4v) is 1.78. The summed E-state index contributed by atoms with van der Waals surface area (Å²) in [5.41, 5.74) is -0.310. The van der Waals surface area contributed by atoms with Crippen molar-refractivity contribution in [1.82, 2.24) is 0 Å². The maximum Gasteiger partial charge on any atom is 0.165 e. The van der Waals surface area contributed by atoms with Gasteiger partial charge in [0.2, 0.25) is 0 Å². The lowest BCUT2D eigenvalue weighted by Gasteiger charge is -2.07. The Hall–Kier alpha value is -1.49. The first-order valence-electron chi connectivity index (χ1n) is 4.63. The second kappa shape index (κ2) is 4.41. The van der Waals surface area contributed by atoms with Gasteiger partial charge in [0.05, 0.1) is 10.0 Å². The van der Waals surface area contributed by atoms with Crippen LogP contribution in [-0.2, 0) is 0 Å². The first kappa shape index (κ1) is 12.0. The molecule has 1 nitrogen and oxygen atoms in total. The molecule has 0 bridgehead atoms. The summed E-state index contributed by atoms with van der Waals surface area (Å²) in [5, 5.41) is 9.01. The molecule has 0 fully saturated rings. The van der Waals surface area contributed by atoms with Crippen LogP contribution in [0.1, 0.15) is 0 Å². The minimum Gasteiger partial charge on any atom is -0.505 e. The van der Waals surface area contributed by atoms with E-state index in [1.165, 1.54) is 12.1 Å². The Morgan fingerprint density at radius 3 is 2.29 bits per heavy atom. The van der Waals surface area contributed by atoms with Gasteiger partial charge in [0.25, 0.3) is 0 Å². The fraction of sp³-hybridized carbons (Fsp3) is 0. The third-order valence-electron chi connectivity index (χ3n) is 2.28. The molecule has 2 rings (SSSR count). The third kappa shape index (κ3) is 2.15. The minimum absolute atomic E-state index is 0.0246. The largest absolute Gasteiger partial charge is 0.505 e. The quantitative estimate of drug-likeness (QED) is 0.781. The molecule has 88 valence electrons. The number of hydrogen-bond acceptors (Lipinski definition) is 1. The smallest absolute Gasteiger partial charge is 0.165 e. The maximum absolute atomic E-state index is 13.7. The second-order valence-corrected chi connectivity index (χ2v) is 4.24. The third-order valence-corrected chi connectivity index (χ3v) is 2.89. The van der Waals surface area contributed by atoms with Crippen LogP contribution < -0.4 is 0 Å². The summed E-state index contributed by atoms with van der Waals surface area (Å²) in [6, 6.07) is 5.47. The molecule has 0 amide bonds. The molecule has 0 atom stereocenters. The van der Waals surface area contributed by atoms with Gasteiger partial charge in [-0.25, -0.2) is 13.2 Å². The Balaban J connectivity index is 2.68. The summed E-state index contributed by atoms with van der Waals surface area (Å²) in [5.74, 6) is -3.10. The van der Waals surface area contributed by atoms with Crippen molar-refractivity contribution in [2.45, 2.75) is 0 Å². The fourth-order valence-electron chi connectivity index (χ4n) is 1.45. The first-order chi connectivity index (χ1) is 8.00. The Kier molecular flexibility index (Phi) is 3.11. The van der Waals surface area contributed by atoms with Crippen LogP contribution in [0, 0.1) is 17.5 Å². The Labute approximate surface area is 104 Å². The molecule has 0 aliphatic carbocycles. The molecule has 0 unspecified atom stereocenters. The minimum atomic E-state index is -0.929. The van der Waals surface area contributed by atoms with Crippen LogP contribution in [0.3, 0.4) is 0 Å². The lowest BCUT2D eigenvalue weighted by atomic mass is 10.0. The van der Waals surface area contributed by atoms with Crippen molar-refractivity contribution < 1.29 is 18.3 Å². The van der Waals surface area contributed by atoms with Gasteiger partial charge in [0, 0.05) is 0 Å². The summed E-state index contributed by atoms with van der Waals surface area (Å²) >= 11 is 2.93. The number of phenols is 1. The van der Waals surface area contributed by atoms with E-state index >= 15 is 0 Å². The van der Waals surface area contributed by atoms with Crippen LogP contribution in [0.2, 0.25) is 0 Å². The van der Waals surface area contributed by atoms with Crippen molar-refractivity contribution in [3.05, 3.63) is 52.3 Å². The van der Waals surface area contributed by atoms with E-state index in [4.69, 9.17) is 5.11 Å². The molecular formula is C12H6BrF3O. The number of aromatic hydroxyl groups is 1. The van der Waals surface area contributed by atoms with Gasteiger partial charge in [-0.15, -0.1) is 0 Å². The lowest BCUT2D eigenvalue weighted by Crippen LogP contribution is -1.92. The summed E-state index contributed by atoms with van der Waals surface area (Å²) in [6.45, 7) is 0. The molecule has 0 aliphatic heterocycles. The SMILES string of the molecule is Oc1ccc(-c2c(F)ccc(Br)c2F)cc1F. The molecule has 0 aromatic heterocycles. The molecule has 1 N–H and O–H groups in total. The molecular weight excluding hydrogens is 297 g/mol. The van der Waals surface area contributed by atoms with E-state index in [9.17, 15) is 13.2 Å². The average molecular weight is 303 g/mol. The molecule has 2 aromatic carbocycles. The summed E-state index contributed by atoms with van der Waals surface area (Å²) in [4.78, 5) is 0. The zero-order valence-corrected chi connectivity index (χ0v) is 9.93. The van der Waals surface area contributed by atoms with Crippen LogP contribution >= 0.6 is 15.9 Å². The van der Waals surface area contributed by atoms with Crippen LogP contribution in [0.5, 0.6) is 5.75 Å². The molecule has 0 heterocycles. The Bertz CT molecular complexity index is 584. The van der Waals surface area contributed by atoms with Crippen molar-refractivity contribution in [3.63, 3.8) is 0 Å². The molecule has 0 saturated carbocycles. The van der Waals surface area contributed by atoms with E-state index < -0.39 is 23.2 Å². The molecule has 0 radical (unpaired) electrons. The van der Waals surface area contributed by atoms with E-state index in [0.29, 0.717) is 0 Å². The lowest BCUT2D eigenvalue weighted by molar-refractivity contribution is 0.432. The van der Waals surface area contributed by atoms with E-state index in [1.54, 1.807) is 0 Å². The standard InChI is InChI=1S/C12H6BrF3O/c13-7-2-3-8(14)11(12(7)16)6-1-4-10(17)9(15)5-6/h1-5,17H. The first-order valence-corrected chi connectivity index (χ1v) is 5.42. The van der Waals surface area contributed by atoms with Crippen LogP contribution in [0.15, 0.2) is 34.8 Å². The Morgan fingerprint density at radius 2 is 1.65 bits per heavy atom. The summed E-state index contributed by atoms with van der Waals surface area (Å²) < 4.78 is 40.4. The molecule has 5 heteroatoms. The van der Waals surface area contributed by atoms with Crippen LogP contribution in [-0.4, -0.2) is 5.11 Å². The van der Waals surface area contributed by atoms with Gasteiger partial charge in [-0.1, -0.05) is 6.07 Å². The van der Waals surface area contributed by atoms with Gasteiger partial charge in [-0.2, -0.15) is 0 Å². The zero-order valence-electron chi connectivity index (χ0n) is 8.35. The van der Waals surface area contributed by atoms with Crippen molar-refractivity contribution in [2.24, 2.45) is 0 Å². The predicted octanol–water partition coefficient (Wildman–Crippen LogP) is 4.24. The number of rotatable bonds is 1. The monoisotopic (exact) mass is 302 g/mol. The van der Waals surface area contributed by atoms with Crippen molar-refractivity contribution in [3.8, 4) is 16.9 Å². The van der Waals surface area contributed by atoms with E-state index in [1.807, 2.05) is 0 Å². The number of benzene rings is 2. The number of hydrogen-bond donors (Lipinski definition) is 1. The van der Waals surface area contributed by atoms with Gasteiger partial charge < -0.3 is 5.11 Å². The molecule has 0 aliphatic rings. The zero-order chi connectivity index (χ0) is 12.6. The van der Waals surface area contributed by atoms with E-state index in [2.05, 4.69) is 15.9 Å². The highest BCUT2D eigenvalue weighted by Crippen LogP contribution is 2.32. The van der Waals surface area contributed by atoms with Crippen LogP contribution in [0.4, 0.5) is 13.2 Å². The van der Waals surface area contributed by atoms with Crippen LogP contribution in [0.25, 0.3) is 11.1 Å². The Morgan fingerprint density at radius 1 is 0.941 bits per heavy atom. The van der Waals surface area contributed by atoms with Gasteiger partial charge in [-0.3, -0.25) is 0 Å². The molecule has 2 aromatic rings. The molecule has 0 spiro atoms. The summed E-state index contributed by atoms with van der Waals surface area (Å²) in [6.07, 6.45) is 0. The normalized spacial score (nSPS) is 10.6. The average Bonchev–Trinajstić information content (AvgIpc) is 2.29. The van der Waals surface area contributed by atoms with Crippen molar-refractivity contribution in [2.75, 3.05) is 0 Å². The van der Waals surface area contributed by atoms with E-state index in [0.717, 1.165) is 18.2 Å². The molecule has 0 saturated heterocycles. The van der Waals surface area contributed by atoms with E-state index in [-0.39, 0.29) is 15.6 Å². The maximum atomic E-state index is 13.7. The van der Waals surface area contributed by atoms with Gasteiger partial charge in [0.15, 0.2) is 11.6 Å². The second-order valence-electron chi connectivity index (χ2n) is 3.38. The highest BCUT2D eigenvalue weighted by Gasteiger charge is 2.15. The number of phenolic OH excluding ortho intramolecular Hbond substituents is 1.